The molecule has 0 atom stereocenters. The van der Waals surface area contributed by atoms with Gasteiger partial charge in [0.2, 0.25) is 16.8 Å². The highest BCUT2D eigenvalue weighted by molar-refractivity contribution is 7.98. The number of nitrogens with zero attached hydrogens (tertiary/aromatic N) is 7. The summed E-state index contributed by atoms with van der Waals surface area (Å²) in [6.45, 7) is 0. The lowest BCUT2D eigenvalue weighted by molar-refractivity contribution is -0.394. The first-order chi connectivity index (χ1) is 18.4. The molecule has 23 heteroatoms. The summed E-state index contributed by atoms with van der Waals surface area (Å²) in [4.78, 5) is 44.4. The zero-order valence-electron chi connectivity index (χ0n) is 18.9. The van der Waals surface area contributed by atoms with Crippen molar-refractivity contribution in [2.24, 2.45) is 0 Å². The molecule has 0 aliphatic heterocycles. The Morgan fingerprint density at radius 1 is 0.750 bits per heavy atom. The van der Waals surface area contributed by atoms with Gasteiger partial charge in [0.1, 0.15) is 0 Å². The minimum Gasteiger partial charge on any atom is -0.313 e. The lowest BCUT2D eigenvalue weighted by Crippen LogP contribution is -2.14. The van der Waals surface area contributed by atoms with Crippen molar-refractivity contribution >= 4 is 46.1 Å². The molecule has 0 amide bonds. The first kappa shape index (κ1) is 29.5. The highest BCUT2D eigenvalue weighted by Crippen LogP contribution is 2.44. The van der Waals surface area contributed by atoms with Gasteiger partial charge in [-0.2, -0.15) is 36.0 Å². The summed E-state index contributed by atoms with van der Waals surface area (Å²) >= 11 is 0.652. The van der Waals surface area contributed by atoms with Crippen LogP contribution < -0.4 is 5.32 Å². The van der Waals surface area contributed by atoms with E-state index in [0.717, 1.165) is 0 Å². The zero-order valence-corrected chi connectivity index (χ0v) is 19.7. The smallest absolute Gasteiger partial charge is 0.313 e. The maximum atomic E-state index is 13.3. The molecule has 0 saturated carbocycles. The Labute approximate surface area is 218 Å². The minimum absolute atomic E-state index is 0.0738. The van der Waals surface area contributed by atoms with Crippen molar-refractivity contribution < 1.29 is 46.0 Å². The van der Waals surface area contributed by atoms with Gasteiger partial charge in [0.05, 0.1) is 30.8 Å². The third-order valence-electron chi connectivity index (χ3n) is 4.83. The van der Waals surface area contributed by atoms with Gasteiger partial charge in [-0.05, 0) is 6.26 Å². The molecule has 1 aromatic heterocycles. The molecular weight excluding hydrogens is 590 g/mol. The monoisotopic (exact) mass is 598 g/mol. The predicted octanol–water partition coefficient (Wildman–Crippen LogP) is 5.40. The lowest BCUT2D eigenvalue weighted by atomic mass is 10.1. The molecule has 0 aliphatic rings. The van der Waals surface area contributed by atoms with Crippen molar-refractivity contribution in [2.75, 3.05) is 11.6 Å². The van der Waals surface area contributed by atoms with E-state index in [0.29, 0.717) is 11.8 Å². The highest BCUT2D eigenvalue weighted by Gasteiger charge is 2.41. The lowest BCUT2D eigenvalue weighted by Gasteiger charge is -2.13. The fraction of sp³-hybridized carbons (Fsp3) is 0.176. The molecule has 0 saturated heterocycles. The van der Waals surface area contributed by atoms with Crippen molar-refractivity contribution in [1.82, 2.24) is 14.8 Å². The maximum Gasteiger partial charge on any atom is 0.416 e. The standard InChI is InChI=1S/C17H8F6N8O8S/c1-40-15-25-14(24-12-8(28(32)33)2-6(16(18,19)20)3-9(12)29(34)35)27(26-15)13-10(30(36)37)4-7(17(21,22)23)5-11(13)31(38)39/h2-5H,1H3,(H,24,25,26). The summed E-state index contributed by atoms with van der Waals surface area (Å²) in [6, 6.07) is -0.297. The molecule has 212 valence electrons. The van der Waals surface area contributed by atoms with E-state index >= 15 is 0 Å². The Hall–Kier alpha value is -5.09. The van der Waals surface area contributed by atoms with E-state index in [1.54, 1.807) is 0 Å². The zero-order chi connectivity index (χ0) is 30.3. The maximum absolute atomic E-state index is 13.3. The van der Waals surface area contributed by atoms with E-state index in [2.05, 4.69) is 10.1 Å². The van der Waals surface area contributed by atoms with Crippen LogP contribution >= 0.6 is 11.8 Å². The Bertz CT molecular complexity index is 1500. The normalized spacial score (nSPS) is 11.8. The second kappa shape index (κ2) is 10.2. The van der Waals surface area contributed by atoms with E-state index in [-0.39, 0.29) is 28.9 Å². The summed E-state index contributed by atoms with van der Waals surface area (Å²) in [6.07, 6.45) is -9.27. The molecule has 2 aromatic carbocycles. The number of nitro benzene ring substituents is 4. The van der Waals surface area contributed by atoms with Gasteiger partial charge in [-0.1, -0.05) is 11.8 Å². The molecular formula is C17H8F6N8O8S. The van der Waals surface area contributed by atoms with Crippen molar-refractivity contribution in [1.29, 1.82) is 0 Å². The number of hydrogen-bond donors (Lipinski definition) is 1. The number of benzene rings is 2. The molecule has 1 heterocycles. The van der Waals surface area contributed by atoms with Crippen LogP contribution in [0.4, 0.5) is 60.7 Å². The van der Waals surface area contributed by atoms with Crippen LogP contribution in [0.5, 0.6) is 0 Å². The van der Waals surface area contributed by atoms with E-state index in [9.17, 15) is 66.8 Å². The molecule has 0 bridgehead atoms. The molecule has 0 aliphatic carbocycles. The fourth-order valence-corrected chi connectivity index (χ4v) is 3.52. The average Bonchev–Trinajstić information content (AvgIpc) is 3.23. The van der Waals surface area contributed by atoms with Gasteiger partial charge in [0.15, 0.2) is 5.69 Å². The van der Waals surface area contributed by atoms with Crippen molar-refractivity contribution in [3.8, 4) is 5.69 Å². The van der Waals surface area contributed by atoms with Crippen molar-refractivity contribution in [3.05, 3.63) is 75.8 Å². The molecule has 3 rings (SSSR count). The number of nitro groups is 4. The number of hydrogen-bond acceptors (Lipinski definition) is 12. The van der Waals surface area contributed by atoms with Crippen LogP contribution in [0.1, 0.15) is 11.1 Å². The second-order valence-corrected chi connectivity index (χ2v) is 8.01. The number of rotatable bonds is 8. The first-order valence-electron chi connectivity index (χ1n) is 9.73. The number of thioether (sulfide) groups is 1. The highest BCUT2D eigenvalue weighted by atomic mass is 32.2. The molecule has 0 radical (unpaired) electrons. The Morgan fingerprint density at radius 3 is 1.45 bits per heavy atom. The number of nitrogens with one attached hydrogen (secondary N) is 1. The third-order valence-corrected chi connectivity index (χ3v) is 5.36. The third kappa shape index (κ3) is 5.67. The van der Waals surface area contributed by atoms with Crippen molar-refractivity contribution in [3.63, 3.8) is 0 Å². The topological polar surface area (TPSA) is 215 Å². The number of halogens is 6. The van der Waals surface area contributed by atoms with Crippen LogP contribution in [0.2, 0.25) is 0 Å². The van der Waals surface area contributed by atoms with Gasteiger partial charge >= 0.3 is 35.1 Å². The van der Waals surface area contributed by atoms with Gasteiger partial charge in [0.25, 0.3) is 0 Å². The Morgan fingerprint density at radius 2 is 1.12 bits per heavy atom. The summed E-state index contributed by atoms with van der Waals surface area (Å²) in [7, 11) is 0. The van der Waals surface area contributed by atoms with Crippen LogP contribution in [0.3, 0.4) is 0 Å². The Kier molecular flexibility index (Phi) is 7.54. The van der Waals surface area contributed by atoms with Crippen molar-refractivity contribution in [2.45, 2.75) is 17.5 Å². The molecule has 3 aromatic rings. The SMILES string of the molecule is CSc1nc(Nc2c([N+](=O)[O-])cc(C(F)(F)F)cc2[N+](=O)[O-])n(-c2c([N+](=O)[O-])cc(C(F)(F)F)cc2[N+](=O)[O-])n1. The minimum atomic E-state index is -5.29. The van der Waals surface area contributed by atoms with Gasteiger partial charge in [0, 0.05) is 24.3 Å². The summed E-state index contributed by atoms with van der Waals surface area (Å²) in [5, 5.41) is 51.6. The summed E-state index contributed by atoms with van der Waals surface area (Å²) in [5.41, 5.74) is -12.2. The quantitative estimate of drug-likeness (QED) is 0.149. The molecule has 40 heavy (non-hydrogen) atoms. The average molecular weight is 598 g/mol. The van der Waals surface area contributed by atoms with Crippen LogP contribution in [0.15, 0.2) is 29.4 Å². The van der Waals surface area contributed by atoms with E-state index < -0.39 is 88.4 Å². The largest absolute Gasteiger partial charge is 0.416 e. The number of anilines is 2. The van der Waals surface area contributed by atoms with Crippen LogP contribution in [0.25, 0.3) is 5.69 Å². The predicted molar refractivity (Wildman–Crippen MR) is 119 cm³/mol. The second-order valence-electron chi connectivity index (χ2n) is 7.24. The van der Waals surface area contributed by atoms with Gasteiger partial charge in [-0.25, -0.2) is 0 Å². The fourth-order valence-electron chi connectivity index (χ4n) is 3.18. The van der Waals surface area contributed by atoms with Crippen LogP contribution in [-0.4, -0.2) is 40.7 Å². The molecule has 0 fully saturated rings. The molecule has 1 N–H and O–H groups in total. The van der Waals surface area contributed by atoms with Crippen LogP contribution in [-0.2, 0) is 12.4 Å². The summed E-state index contributed by atoms with van der Waals surface area (Å²) in [5.74, 6) is -0.999. The molecule has 16 nitrogen and oxygen atoms in total. The number of alkyl halides is 6. The van der Waals surface area contributed by atoms with Gasteiger partial charge in [-0.3, -0.25) is 40.5 Å². The van der Waals surface area contributed by atoms with Gasteiger partial charge < -0.3 is 5.32 Å². The molecule has 0 spiro atoms. The van der Waals surface area contributed by atoms with E-state index in [4.69, 9.17) is 0 Å². The van der Waals surface area contributed by atoms with E-state index in [1.165, 1.54) is 6.26 Å². The van der Waals surface area contributed by atoms with E-state index in [1.807, 2.05) is 5.32 Å². The first-order valence-corrected chi connectivity index (χ1v) is 11.0. The summed E-state index contributed by atoms with van der Waals surface area (Å²) < 4.78 is 79.7. The number of aromatic nitrogens is 3. The van der Waals surface area contributed by atoms with Crippen LogP contribution in [0, 0.1) is 40.5 Å². The molecule has 0 unspecified atom stereocenters. The van der Waals surface area contributed by atoms with Gasteiger partial charge in [-0.15, -0.1) is 5.10 Å². The Balaban J connectivity index is 2.41.